The molecule has 0 saturated carbocycles. The molecule has 2 N–H and O–H groups in total. The van der Waals surface area contributed by atoms with Crippen LogP contribution in [0.15, 0.2) is 36.4 Å². The summed E-state index contributed by atoms with van der Waals surface area (Å²) in [6.45, 7) is 0. The Kier molecular flexibility index (Phi) is 3.59. The molecule has 1 unspecified atom stereocenters. The number of halogens is 4. The summed E-state index contributed by atoms with van der Waals surface area (Å²) in [6.07, 6.45) is 0. The molecule has 0 saturated heterocycles. The fourth-order valence-electron chi connectivity index (χ4n) is 1.72. The number of hydrogen-bond donors (Lipinski definition) is 1. The molecular weight excluding hydrogens is 263 g/mol. The van der Waals surface area contributed by atoms with Crippen LogP contribution < -0.4 is 5.73 Å². The van der Waals surface area contributed by atoms with Crippen molar-refractivity contribution in [3.8, 4) is 0 Å². The summed E-state index contributed by atoms with van der Waals surface area (Å²) in [5, 5.41) is 0.192. The van der Waals surface area contributed by atoms with E-state index in [2.05, 4.69) is 0 Å². The molecule has 2 aromatic carbocycles. The Hall–Kier alpha value is -1.52. The second-order valence-electron chi connectivity index (χ2n) is 3.78. The van der Waals surface area contributed by atoms with Crippen LogP contribution in [-0.4, -0.2) is 0 Å². The highest BCUT2D eigenvalue weighted by molar-refractivity contribution is 6.30. The summed E-state index contributed by atoms with van der Waals surface area (Å²) < 4.78 is 40.7. The molecule has 0 aliphatic heterocycles. The fraction of sp³-hybridized carbons (Fsp3) is 0.0769. The summed E-state index contributed by atoms with van der Waals surface area (Å²) in [4.78, 5) is 0. The van der Waals surface area contributed by atoms with E-state index < -0.39 is 23.5 Å². The van der Waals surface area contributed by atoms with Gasteiger partial charge in [-0.1, -0.05) is 23.7 Å². The lowest BCUT2D eigenvalue weighted by Gasteiger charge is -2.15. The zero-order valence-corrected chi connectivity index (χ0v) is 9.89. The SMILES string of the molecule is NC(c1ccc(Cl)cc1F)c1c(F)cccc1F. The molecule has 0 fully saturated rings. The van der Waals surface area contributed by atoms with Crippen LogP contribution in [0.5, 0.6) is 0 Å². The number of benzene rings is 2. The van der Waals surface area contributed by atoms with Crippen LogP contribution in [0, 0.1) is 17.5 Å². The third-order valence-corrected chi connectivity index (χ3v) is 2.84. The molecule has 0 aliphatic carbocycles. The molecular formula is C13H9ClF3N. The van der Waals surface area contributed by atoms with Gasteiger partial charge in [0.1, 0.15) is 17.5 Å². The molecule has 1 nitrogen and oxygen atoms in total. The highest BCUT2D eigenvalue weighted by Gasteiger charge is 2.20. The van der Waals surface area contributed by atoms with E-state index in [0.717, 1.165) is 18.2 Å². The van der Waals surface area contributed by atoms with Gasteiger partial charge in [-0.2, -0.15) is 0 Å². The van der Waals surface area contributed by atoms with Crippen molar-refractivity contribution in [3.05, 3.63) is 70.0 Å². The third-order valence-electron chi connectivity index (χ3n) is 2.61. The minimum absolute atomic E-state index is 0.0107. The van der Waals surface area contributed by atoms with E-state index in [4.69, 9.17) is 17.3 Å². The number of rotatable bonds is 2. The normalized spacial score (nSPS) is 12.5. The summed E-state index contributed by atoms with van der Waals surface area (Å²) in [5.41, 5.74) is 5.33. The van der Waals surface area contributed by atoms with Crippen molar-refractivity contribution in [3.63, 3.8) is 0 Å². The highest BCUT2D eigenvalue weighted by Crippen LogP contribution is 2.27. The van der Waals surface area contributed by atoms with E-state index in [-0.39, 0.29) is 16.1 Å². The molecule has 0 heterocycles. The molecule has 0 radical (unpaired) electrons. The zero-order valence-electron chi connectivity index (χ0n) is 9.13. The van der Waals surface area contributed by atoms with Crippen molar-refractivity contribution in [2.45, 2.75) is 6.04 Å². The Bertz CT molecular complexity index is 566. The van der Waals surface area contributed by atoms with Gasteiger partial charge in [0, 0.05) is 16.1 Å². The van der Waals surface area contributed by atoms with E-state index in [1.54, 1.807) is 0 Å². The van der Waals surface area contributed by atoms with Gasteiger partial charge in [-0.25, -0.2) is 13.2 Å². The third kappa shape index (κ3) is 2.35. The molecule has 0 aliphatic rings. The van der Waals surface area contributed by atoms with Crippen molar-refractivity contribution < 1.29 is 13.2 Å². The van der Waals surface area contributed by atoms with Gasteiger partial charge >= 0.3 is 0 Å². The van der Waals surface area contributed by atoms with Crippen LogP contribution in [0.2, 0.25) is 5.02 Å². The van der Waals surface area contributed by atoms with Crippen molar-refractivity contribution in [2.75, 3.05) is 0 Å². The monoisotopic (exact) mass is 271 g/mol. The predicted molar refractivity (Wildman–Crippen MR) is 63.8 cm³/mol. The first-order valence-corrected chi connectivity index (χ1v) is 5.53. The summed E-state index contributed by atoms with van der Waals surface area (Å²) in [7, 11) is 0. The Morgan fingerprint density at radius 3 is 2.11 bits per heavy atom. The smallest absolute Gasteiger partial charge is 0.131 e. The zero-order chi connectivity index (χ0) is 13.3. The number of nitrogens with two attached hydrogens (primary N) is 1. The van der Waals surface area contributed by atoms with E-state index in [0.29, 0.717) is 0 Å². The summed E-state index contributed by atoms with van der Waals surface area (Å²) in [6, 6.07) is 5.93. The van der Waals surface area contributed by atoms with Crippen molar-refractivity contribution in [1.82, 2.24) is 0 Å². The first-order chi connectivity index (χ1) is 8.50. The summed E-state index contributed by atoms with van der Waals surface area (Å²) in [5.74, 6) is -2.31. The van der Waals surface area contributed by atoms with E-state index in [1.807, 2.05) is 0 Å². The van der Waals surface area contributed by atoms with Gasteiger partial charge in [-0.3, -0.25) is 0 Å². The van der Waals surface area contributed by atoms with E-state index in [9.17, 15) is 13.2 Å². The second-order valence-corrected chi connectivity index (χ2v) is 4.22. The van der Waals surface area contributed by atoms with Crippen molar-refractivity contribution >= 4 is 11.6 Å². The Morgan fingerprint density at radius 2 is 1.56 bits per heavy atom. The average molecular weight is 272 g/mol. The highest BCUT2D eigenvalue weighted by atomic mass is 35.5. The van der Waals surface area contributed by atoms with Crippen molar-refractivity contribution in [2.24, 2.45) is 5.73 Å². The molecule has 0 aromatic heterocycles. The Morgan fingerprint density at radius 1 is 0.944 bits per heavy atom. The molecule has 0 amide bonds. The van der Waals surface area contributed by atoms with Crippen LogP contribution in [0.4, 0.5) is 13.2 Å². The van der Waals surface area contributed by atoms with Crippen LogP contribution in [0.3, 0.4) is 0 Å². The van der Waals surface area contributed by atoms with Crippen LogP contribution in [-0.2, 0) is 0 Å². The van der Waals surface area contributed by atoms with Crippen LogP contribution >= 0.6 is 11.6 Å². The lowest BCUT2D eigenvalue weighted by Crippen LogP contribution is -2.17. The van der Waals surface area contributed by atoms with Gasteiger partial charge in [0.05, 0.1) is 6.04 Å². The van der Waals surface area contributed by atoms with Gasteiger partial charge in [-0.15, -0.1) is 0 Å². The van der Waals surface area contributed by atoms with Gasteiger partial charge in [0.25, 0.3) is 0 Å². The maximum atomic E-state index is 13.6. The fourth-order valence-corrected chi connectivity index (χ4v) is 1.88. The molecule has 94 valence electrons. The standard InChI is InChI=1S/C13H9ClF3N/c14-7-4-5-8(11(17)6-7)13(18)12-9(15)2-1-3-10(12)16/h1-6,13H,18H2. The Balaban J connectivity index is 2.51. The molecule has 18 heavy (non-hydrogen) atoms. The van der Waals surface area contributed by atoms with Crippen LogP contribution in [0.1, 0.15) is 17.2 Å². The van der Waals surface area contributed by atoms with Gasteiger partial charge < -0.3 is 5.73 Å². The maximum Gasteiger partial charge on any atom is 0.131 e. The first-order valence-electron chi connectivity index (χ1n) is 5.15. The van der Waals surface area contributed by atoms with Crippen molar-refractivity contribution in [1.29, 1.82) is 0 Å². The minimum atomic E-state index is -1.22. The van der Waals surface area contributed by atoms with Gasteiger partial charge in [-0.05, 0) is 24.3 Å². The second kappa shape index (κ2) is 5.00. The van der Waals surface area contributed by atoms with Crippen LogP contribution in [0.25, 0.3) is 0 Å². The topological polar surface area (TPSA) is 26.0 Å². The average Bonchev–Trinajstić information content (AvgIpc) is 2.28. The summed E-state index contributed by atoms with van der Waals surface area (Å²) >= 11 is 5.60. The van der Waals surface area contributed by atoms with Gasteiger partial charge in [0.15, 0.2) is 0 Å². The quantitative estimate of drug-likeness (QED) is 0.883. The lowest BCUT2D eigenvalue weighted by atomic mass is 9.98. The molecule has 0 bridgehead atoms. The molecule has 2 rings (SSSR count). The molecule has 2 aromatic rings. The Labute approximate surface area is 107 Å². The van der Waals surface area contributed by atoms with E-state index in [1.165, 1.54) is 18.2 Å². The van der Waals surface area contributed by atoms with Gasteiger partial charge in [0.2, 0.25) is 0 Å². The maximum absolute atomic E-state index is 13.6. The minimum Gasteiger partial charge on any atom is -0.320 e. The number of hydrogen-bond acceptors (Lipinski definition) is 1. The molecule has 5 heteroatoms. The lowest BCUT2D eigenvalue weighted by molar-refractivity contribution is 0.533. The molecule has 0 spiro atoms. The van der Waals surface area contributed by atoms with E-state index >= 15 is 0 Å². The first kappa shape index (κ1) is 12.9. The predicted octanol–water partition coefficient (Wildman–Crippen LogP) is 3.81. The molecule has 1 atom stereocenters. The largest absolute Gasteiger partial charge is 0.320 e.